The fourth-order valence-corrected chi connectivity index (χ4v) is 4.11. The van der Waals surface area contributed by atoms with E-state index in [2.05, 4.69) is 0 Å². The van der Waals surface area contributed by atoms with Gasteiger partial charge in [0.25, 0.3) is 0 Å². The normalized spacial score (nSPS) is 27.4. The van der Waals surface area contributed by atoms with Crippen molar-refractivity contribution in [2.24, 2.45) is 0 Å². The van der Waals surface area contributed by atoms with Crippen LogP contribution in [-0.2, 0) is 29.5 Å². The van der Waals surface area contributed by atoms with E-state index in [0.29, 0.717) is 6.42 Å². The number of methoxy groups -OCH3 is 1. The van der Waals surface area contributed by atoms with Crippen LogP contribution < -0.4 is 5.06 Å². The molecule has 136 valence electrons. The van der Waals surface area contributed by atoms with Crippen LogP contribution in [0.25, 0.3) is 0 Å². The maximum absolute atomic E-state index is 12.4. The molecule has 1 amide bonds. The number of hydrogen-bond donors (Lipinski definition) is 0. The molecule has 0 radical (unpaired) electrons. The maximum atomic E-state index is 12.4. The summed E-state index contributed by atoms with van der Waals surface area (Å²) >= 11 is 0. The SMILES string of the molecule is COC(=O)[C@@H]1C[C@]2(OC(C)C)c3ccccc3N(OC)[C@@H]2N1C(C)=O. The molecule has 0 bridgehead atoms. The first-order valence-electron chi connectivity index (χ1n) is 8.34. The van der Waals surface area contributed by atoms with E-state index in [4.69, 9.17) is 14.3 Å². The van der Waals surface area contributed by atoms with Gasteiger partial charge in [-0.15, -0.1) is 0 Å². The van der Waals surface area contributed by atoms with Gasteiger partial charge in [0.15, 0.2) is 6.17 Å². The zero-order chi connectivity index (χ0) is 18.4. The molecule has 3 atom stereocenters. The Balaban J connectivity index is 2.20. The van der Waals surface area contributed by atoms with Gasteiger partial charge in [0, 0.05) is 18.9 Å². The lowest BCUT2D eigenvalue weighted by Crippen LogP contribution is -2.54. The number of anilines is 1. The average molecular weight is 348 g/mol. The van der Waals surface area contributed by atoms with Crippen LogP contribution in [-0.4, -0.2) is 49.3 Å². The van der Waals surface area contributed by atoms with Crippen molar-refractivity contribution in [2.75, 3.05) is 19.3 Å². The van der Waals surface area contributed by atoms with Crippen molar-refractivity contribution in [3.8, 4) is 0 Å². The molecule has 1 saturated heterocycles. The summed E-state index contributed by atoms with van der Waals surface area (Å²) in [5.74, 6) is -0.686. The first kappa shape index (κ1) is 17.7. The van der Waals surface area contributed by atoms with Crippen molar-refractivity contribution in [1.29, 1.82) is 0 Å². The Kier molecular flexibility index (Phi) is 4.47. The molecule has 1 fully saturated rings. The summed E-state index contributed by atoms with van der Waals surface area (Å²) in [6.07, 6.45) is -0.352. The number of benzene rings is 1. The quantitative estimate of drug-likeness (QED) is 0.773. The number of amides is 1. The van der Waals surface area contributed by atoms with E-state index < -0.39 is 23.8 Å². The predicted molar refractivity (Wildman–Crippen MR) is 90.6 cm³/mol. The number of ether oxygens (including phenoxy) is 2. The molecule has 0 aliphatic carbocycles. The highest BCUT2D eigenvalue weighted by Crippen LogP contribution is 2.55. The van der Waals surface area contributed by atoms with Gasteiger partial charge < -0.3 is 14.4 Å². The van der Waals surface area contributed by atoms with E-state index >= 15 is 0 Å². The van der Waals surface area contributed by atoms with Crippen LogP contribution in [0.5, 0.6) is 0 Å². The summed E-state index contributed by atoms with van der Waals surface area (Å²) < 4.78 is 11.3. The van der Waals surface area contributed by atoms with Gasteiger partial charge in [-0.2, -0.15) is 0 Å². The van der Waals surface area contributed by atoms with Crippen LogP contribution in [0.4, 0.5) is 5.69 Å². The molecule has 3 rings (SSSR count). The standard InChI is InChI=1S/C18H24N2O5/c1-11(2)25-18-10-15(16(22)23-4)19(12(3)21)17(18)20(24-5)14-9-7-6-8-13(14)18/h6-9,11,15,17H,10H2,1-5H3/t15-,17-,18-/m0/s1. The van der Waals surface area contributed by atoms with Gasteiger partial charge in [0.1, 0.15) is 11.6 Å². The number of esters is 1. The van der Waals surface area contributed by atoms with Crippen LogP contribution in [0.15, 0.2) is 24.3 Å². The minimum absolute atomic E-state index is 0.0995. The molecule has 0 saturated carbocycles. The zero-order valence-corrected chi connectivity index (χ0v) is 15.2. The van der Waals surface area contributed by atoms with Crippen molar-refractivity contribution in [1.82, 2.24) is 4.90 Å². The number of hydrogen-bond acceptors (Lipinski definition) is 6. The van der Waals surface area contributed by atoms with E-state index in [1.165, 1.54) is 18.9 Å². The summed E-state index contributed by atoms with van der Waals surface area (Å²) in [6, 6.07) is 6.99. The third-order valence-electron chi connectivity index (χ3n) is 4.81. The van der Waals surface area contributed by atoms with Crippen molar-refractivity contribution in [3.63, 3.8) is 0 Å². The van der Waals surface area contributed by atoms with Gasteiger partial charge >= 0.3 is 5.97 Å². The lowest BCUT2D eigenvalue weighted by Gasteiger charge is -2.37. The van der Waals surface area contributed by atoms with E-state index in [1.807, 2.05) is 38.1 Å². The van der Waals surface area contributed by atoms with Gasteiger partial charge in [0.05, 0.1) is 26.0 Å². The molecule has 2 heterocycles. The fourth-order valence-electron chi connectivity index (χ4n) is 4.11. The Labute approximate surface area is 147 Å². The minimum atomic E-state index is -0.856. The van der Waals surface area contributed by atoms with E-state index in [9.17, 15) is 9.59 Å². The van der Waals surface area contributed by atoms with Gasteiger partial charge in [0.2, 0.25) is 5.91 Å². The van der Waals surface area contributed by atoms with Crippen molar-refractivity contribution < 1.29 is 23.9 Å². The lowest BCUT2D eigenvalue weighted by molar-refractivity contribution is -0.153. The van der Waals surface area contributed by atoms with E-state index in [0.717, 1.165) is 11.3 Å². The van der Waals surface area contributed by atoms with Gasteiger partial charge in [-0.25, -0.2) is 9.86 Å². The Hall–Kier alpha value is -2.12. The molecule has 7 heteroatoms. The zero-order valence-electron chi connectivity index (χ0n) is 15.2. The smallest absolute Gasteiger partial charge is 0.328 e. The predicted octanol–water partition coefficient (Wildman–Crippen LogP) is 1.81. The highest BCUT2D eigenvalue weighted by atomic mass is 16.7. The summed E-state index contributed by atoms with van der Waals surface area (Å²) in [5, 5.41) is 1.65. The number of hydroxylamine groups is 1. The van der Waals surface area contributed by atoms with Crippen LogP contribution in [0.2, 0.25) is 0 Å². The summed E-state index contributed by atoms with van der Waals surface area (Å²) in [7, 11) is 2.87. The molecule has 0 N–H and O–H groups in total. The molecule has 1 aromatic rings. The van der Waals surface area contributed by atoms with E-state index in [-0.39, 0.29) is 12.0 Å². The first-order chi connectivity index (χ1) is 11.9. The summed E-state index contributed by atoms with van der Waals surface area (Å²) in [4.78, 5) is 31.9. The highest BCUT2D eigenvalue weighted by molar-refractivity contribution is 5.86. The number of carbonyl (C=O) groups excluding carboxylic acids is 2. The summed E-state index contributed by atoms with van der Waals surface area (Å²) in [6.45, 7) is 5.32. The number of carbonyl (C=O) groups is 2. The summed E-state index contributed by atoms with van der Waals surface area (Å²) in [5.41, 5.74) is 0.893. The molecule has 2 aliphatic rings. The molecule has 25 heavy (non-hydrogen) atoms. The van der Waals surface area contributed by atoms with Crippen molar-refractivity contribution in [2.45, 2.75) is 51.1 Å². The first-order valence-corrected chi connectivity index (χ1v) is 8.34. The van der Waals surface area contributed by atoms with Gasteiger partial charge in [-0.1, -0.05) is 18.2 Å². The number of nitrogens with zero attached hydrogens (tertiary/aromatic N) is 2. The number of likely N-dealkylation sites (tertiary alicyclic amines) is 1. The van der Waals surface area contributed by atoms with Crippen LogP contribution in [0.1, 0.15) is 32.8 Å². The average Bonchev–Trinajstić information content (AvgIpc) is 3.02. The van der Waals surface area contributed by atoms with Gasteiger partial charge in [-0.05, 0) is 19.9 Å². The Morgan fingerprint density at radius 3 is 2.48 bits per heavy atom. The van der Waals surface area contributed by atoms with Crippen LogP contribution >= 0.6 is 0 Å². The molecule has 0 unspecified atom stereocenters. The Bertz CT molecular complexity index is 692. The highest BCUT2D eigenvalue weighted by Gasteiger charge is 2.65. The van der Waals surface area contributed by atoms with Gasteiger partial charge in [-0.3, -0.25) is 9.63 Å². The van der Waals surface area contributed by atoms with Crippen LogP contribution in [0, 0.1) is 0 Å². The van der Waals surface area contributed by atoms with Crippen molar-refractivity contribution >= 4 is 17.6 Å². The monoisotopic (exact) mass is 348 g/mol. The Morgan fingerprint density at radius 2 is 1.92 bits per heavy atom. The third kappa shape index (κ3) is 2.49. The molecular formula is C18H24N2O5. The molecular weight excluding hydrogens is 324 g/mol. The minimum Gasteiger partial charge on any atom is -0.467 e. The maximum Gasteiger partial charge on any atom is 0.328 e. The van der Waals surface area contributed by atoms with Crippen molar-refractivity contribution in [3.05, 3.63) is 29.8 Å². The largest absolute Gasteiger partial charge is 0.467 e. The Morgan fingerprint density at radius 1 is 1.24 bits per heavy atom. The molecule has 0 spiro atoms. The topological polar surface area (TPSA) is 68.3 Å². The number of fused-ring (bicyclic) bond motifs is 3. The molecule has 0 aromatic heterocycles. The second-order valence-corrected chi connectivity index (χ2v) is 6.62. The second kappa shape index (κ2) is 6.31. The fraction of sp³-hybridized carbons (Fsp3) is 0.556. The van der Waals surface area contributed by atoms with E-state index in [1.54, 1.807) is 12.2 Å². The van der Waals surface area contributed by atoms with Crippen LogP contribution in [0.3, 0.4) is 0 Å². The molecule has 2 aliphatic heterocycles. The third-order valence-corrected chi connectivity index (χ3v) is 4.81. The number of para-hydroxylation sites is 1. The number of rotatable bonds is 4. The molecule has 7 nitrogen and oxygen atoms in total. The molecule has 1 aromatic carbocycles. The second-order valence-electron chi connectivity index (χ2n) is 6.62. The lowest BCUT2D eigenvalue weighted by atomic mass is 9.90.